The quantitative estimate of drug-likeness (QED) is 0.656. The Kier molecular flexibility index (Phi) is 6.10. The number of carbonyl (C=O) groups excluding carboxylic acids is 1. The fourth-order valence-corrected chi connectivity index (χ4v) is 3.32. The monoisotopic (exact) mass is 363 g/mol. The van der Waals surface area contributed by atoms with Crippen LogP contribution in [0.5, 0.6) is 0 Å². The molecule has 22 heavy (non-hydrogen) atoms. The molecular weight excluding hydrogens is 349 g/mol. The molecule has 0 aliphatic carbocycles. The summed E-state index contributed by atoms with van der Waals surface area (Å²) in [6.45, 7) is 2.65. The molecule has 5 nitrogen and oxygen atoms in total. The van der Waals surface area contributed by atoms with Crippen molar-refractivity contribution in [3.63, 3.8) is 0 Å². The molecule has 120 valence electrons. The number of ether oxygens (including phenoxy) is 1. The van der Waals surface area contributed by atoms with E-state index in [2.05, 4.69) is 10.4 Å². The number of thiophene rings is 1. The van der Waals surface area contributed by atoms with Crippen molar-refractivity contribution < 1.29 is 13.9 Å². The van der Waals surface area contributed by atoms with Crippen LogP contribution in [0.25, 0.3) is 0 Å². The van der Waals surface area contributed by atoms with Crippen LogP contribution in [0.1, 0.15) is 24.6 Å². The second-order valence-corrected chi connectivity index (χ2v) is 6.28. The highest BCUT2D eigenvalue weighted by Gasteiger charge is 2.22. The van der Waals surface area contributed by atoms with E-state index in [1.165, 1.54) is 0 Å². The number of hydrogen-bond donors (Lipinski definition) is 1. The standard InChI is InChI=1S/C13H15ClFN3O2S2/c1-2-20-9(19)7-8-10(14)11(12(15)22-8)17-13(21)18-6-4-3-5-16-18/h5H,2-4,6-7H2,1H3,(H,17,21). The average molecular weight is 364 g/mol. The van der Waals surface area contributed by atoms with Crippen LogP contribution in [-0.4, -0.2) is 35.5 Å². The third-order valence-corrected chi connectivity index (χ3v) is 4.69. The summed E-state index contributed by atoms with van der Waals surface area (Å²) >= 11 is 12.1. The van der Waals surface area contributed by atoms with Crippen LogP contribution in [-0.2, 0) is 16.0 Å². The first-order valence-electron chi connectivity index (χ1n) is 6.76. The van der Waals surface area contributed by atoms with Crippen molar-refractivity contribution >= 4 is 58.1 Å². The maximum Gasteiger partial charge on any atom is 0.311 e. The molecule has 0 fully saturated rings. The molecule has 0 atom stereocenters. The van der Waals surface area contributed by atoms with Crippen LogP contribution < -0.4 is 5.32 Å². The Bertz CT molecular complexity index is 606. The summed E-state index contributed by atoms with van der Waals surface area (Å²) in [6.07, 6.45) is 3.52. The molecule has 0 radical (unpaired) electrons. The molecular formula is C13H15ClFN3O2S2. The molecule has 0 spiro atoms. The molecule has 9 heteroatoms. The maximum atomic E-state index is 14.0. The van der Waals surface area contributed by atoms with Gasteiger partial charge in [-0.1, -0.05) is 11.6 Å². The third kappa shape index (κ3) is 4.15. The number of thiocarbonyl (C=S) groups is 1. The van der Waals surface area contributed by atoms with Gasteiger partial charge in [-0.25, -0.2) is 5.01 Å². The van der Waals surface area contributed by atoms with Crippen molar-refractivity contribution in [1.82, 2.24) is 5.01 Å². The van der Waals surface area contributed by atoms with Gasteiger partial charge in [0.1, 0.15) is 5.69 Å². The summed E-state index contributed by atoms with van der Waals surface area (Å²) in [5.74, 6) is -0.444. The topological polar surface area (TPSA) is 53.9 Å². The van der Waals surface area contributed by atoms with E-state index in [0.717, 1.165) is 24.2 Å². The summed E-state index contributed by atoms with van der Waals surface area (Å²) in [5, 5.41) is 8.39. The lowest BCUT2D eigenvalue weighted by atomic mass is 10.3. The smallest absolute Gasteiger partial charge is 0.311 e. The van der Waals surface area contributed by atoms with Crippen molar-refractivity contribution in [3.8, 4) is 0 Å². The molecule has 0 bridgehead atoms. The van der Waals surface area contributed by atoms with E-state index in [0.29, 0.717) is 11.4 Å². The summed E-state index contributed by atoms with van der Waals surface area (Å²) in [7, 11) is 0. The normalized spacial score (nSPS) is 14.0. The van der Waals surface area contributed by atoms with Crippen molar-refractivity contribution in [1.29, 1.82) is 0 Å². The van der Waals surface area contributed by atoms with Crippen LogP contribution in [0.3, 0.4) is 0 Å². The molecule has 2 rings (SSSR count). The number of halogens is 2. The highest BCUT2D eigenvalue weighted by molar-refractivity contribution is 7.80. The Hall–Kier alpha value is -1.25. The Balaban J connectivity index is 2.09. The average Bonchev–Trinajstić information content (AvgIpc) is 2.76. The summed E-state index contributed by atoms with van der Waals surface area (Å²) in [4.78, 5) is 11.9. The Morgan fingerprint density at radius 3 is 3.09 bits per heavy atom. The van der Waals surface area contributed by atoms with Crippen molar-refractivity contribution in [2.45, 2.75) is 26.2 Å². The molecule has 1 aliphatic rings. The van der Waals surface area contributed by atoms with Gasteiger partial charge >= 0.3 is 5.97 Å². The molecule has 0 saturated carbocycles. The minimum Gasteiger partial charge on any atom is -0.466 e. The summed E-state index contributed by atoms with van der Waals surface area (Å²) in [5.41, 5.74) is 0.0803. The fourth-order valence-electron chi connectivity index (χ4n) is 1.86. The number of nitrogens with zero attached hydrogens (tertiary/aromatic N) is 2. The van der Waals surface area contributed by atoms with E-state index < -0.39 is 11.1 Å². The van der Waals surface area contributed by atoms with E-state index in [4.69, 9.17) is 28.6 Å². The van der Waals surface area contributed by atoms with Gasteiger partial charge in [0.25, 0.3) is 0 Å². The van der Waals surface area contributed by atoms with Crippen LogP contribution in [0.15, 0.2) is 5.10 Å². The molecule has 1 N–H and O–H groups in total. The maximum absolute atomic E-state index is 14.0. The molecule has 2 heterocycles. The fraction of sp³-hybridized carbons (Fsp3) is 0.462. The van der Waals surface area contributed by atoms with Gasteiger partial charge < -0.3 is 10.1 Å². The first-order chi connectivity index (χ1) is 10.5. The van der Waals surface area contributed by atoms with Crippen molar-refractivity contribution in [3.05, 3.63) is 15.0 Å². The van der Waals surface area contributed by atoms with Crippen LogP contribution >= 0.6 is 35.2 Å². The van der Waals surface area contributed by atoms with Crippen LogP contribution in [0, 0.1) is 5.13 Å². The number of hydrazone groups is 1. The van der Waals surface area contributed by atoms with E-state index in [1.54, 1.807) is 18.1 Å². The molecule has 0 amide bonds. The lowest BCUT2D eigenvalue weighted by Crippen LogP contribution is -2.33. The van der Waals surface area contributed by atoms with Gasteiger partial charge in [0.2, 0.25) is 5.13 Å². The number of carbonyl (C=O) groups is 1. The molecule has 0 unspecified atom stereocenters. The Morgan fingerprint density at radius 1 is 1.68 bits per heavy atom. The zero-order chi connectivity index (χ0) is 16.1. The SMILES string of the molecule is CCOC(=O)Cc1sc(F)c(NC(=S)N2CCCC=N2)c1Cl. The molecule has 1 aromatic rings. The minimum absolute atomic E-state index is 0.0649. The molecule has 1 aliphatic heterocycles. The predicted molar refractivity (Wildman–Crippen MR) is 90.3 cm³/mol. The lowest BCUT2D eigenvalue weighted by molar-refractivity contribution is -0.142. The summed E-state index contributed by atoms with van der Waals surface area (Å²) in [6, 6.07) is 0. The second kappa shape index (κ2) is 7.85. The van der Waals surface area contributed by atoms with E-state index in [1.807, 2.05) is 0 Å². The van der Waals surface area contributed by atoms with E-state index in [9.17, 15) is 9.18 Å². The predicted octanol–water partition coefficient (Wildman–Crippen LogP) is 3.42. The van der Waals surface area contributed by atoms with Crippen molar-refractivity contribution in [2.75, 3.05) is 18.5 Å². The van der Waals surface area contributed by atoms with Crippen LogP contribution in [0.2, 0.25) is 5.02 Å². The minimum atomic E-state index is -0.521. The van der Waals surface area contributed by atoms with Crippen molar-refractivity contribution in [2.24, 2.45) is 5.10 Å². The van der Waals surface area contributed by atoms with Gasteiger partial charge in [-0.15, -0.1) is 11.3 Å². The van der Waals surface area contributed by atoms with Gasteiger partial charge in [0, 0.05) is 17.6 Å². The Labute approximate surface area is 142 Å². The van der Waals surface area contributed by atoms with E-state index in [-0.39, 0.29) is 28.9 Å². The zero-order valence-electron chi connectivity index (χ0n) is 11.9. The van der Waals surface area contributed by atoms with Gasteiger partial charge in [-0.05, 0) is 32.0 Å². The summed E-state index contributed by atoms with van der Waals surface area (Å²) < 4.78 is 18.9. The Morgan fingerprint density at radius 2 is 2.45 bits per heavy atom. The number of esters is 1. The van der Waals surface area contributed by atoms with Crippen LogP contribution in [0.4, 0.5) is 10.1 Å². The van der Waals surface area contributed by atoms with E-state index >= 15 is 0 Å². The van der Waals surface area contributed by atoms with Gasteiger partial charge in [0.15, 0.2) is 5.11 Å². The molecule has 0 saturated heterocycles. The molecule has 1 aromatic heterocycles. The largest absolute Gasteiger partial charge is 0.466 e. The number of rotatable bonds is 4. The second-order valence-electron chi connectivity index (χ2n) is 4.46. The third-order valence-electron chi connectivity index (χ3n) is 2.87. The zero-order valence-corrected chi connectivity index (χ0v) is 14.3. The number of nitrogens with one attached hydrogen (secondary N) is 1. The highest BCUT2D eigenvalue weighted by Crippen LogP contribution is 2.37. The first kappa shape index (κ1) is 17.1. The number of anilines is 1. The highest BCUT2D eigenvalue weighted by atomic mass is 35.5. The first-order valence-corrected chi connectivity index (χ1v) is 8.36. The van der Waals surface area contributed by atoms with Gasteiger partial charge in [-0.3, -0.25) is 4.79 Å². The van der Waals surface area contributed by atoms with Gasteiger partial charge in [-0.2, -0.15) is 9.49 Å². The molecule has 0 aromatic carbocycles. The van der Waals surface area contributed by atoms with Gasteiger partial charge in [0.05, 0.1) is 18.1 Å². The number of hydrogen-bond acceptors (Lipinski definition) is 5. The lowest BCUT2D eigenvalue weighted by Gasteiger charge is -2.22.